The number of carbonyl (C=O) groups excluding carboxylic acids is 2. The zero-order chi connectivity index (χ0) is 9.52. The van der Waals surface area contributed by atoms with Gasteiger partial charge in [-0.05, 0) is 12.8 Å². The lowest BCUT2D eigenvalue weighted by Gasteiger charge is -2.10. The van der Waals surface area contributed by atoms with E-state index in [9.17, 15) is 9.59 Å². The summed E-state index contributed by atoms with van der Waals surface area (Å²) in [6.45, 7) is 0.448. The zero-order valence-electron chi connectivity index (χ0n) is 7.71. The van der Waals surface area contributed by atoms with Crippen LogP contribution in [0.15, 0.2) is 0 Å². The number of amides is 1. The average molecular weight is 184 g/mol. The van der Waals surface area contributed by atoms with Gasteiger partial charge in [-0.3, -0.25) is 4.79 Å². The van der Waals surface area contributed by atoms with Gasteiger partial charge in [0.15, 0.2) is 0 Å². The minimum atomic E-state index is -0.0981. The second kappa shape index (κ2) is 5.70. The van der Waals surface area contributed by atoms with Crippen LogP contribution in [0.2, 0.25) is 0 Å². The normalized spacial score (nSPS) is 17.2. The van der Waals surface area contributed by atoms with Crippen LogP contribution >= 0.6 is 0 Å². The summed E-state index contributed by atoms with van der Waals surface area (Å²) in [6, 6.07) is 0.502. The van der Waals surface area contributed by atoms with Gasteiger partial charge in [-0.2, -0.15) is 0 Å². The van der Waals surface area contributed by atoms with Crippen molar-refractivity contribution in [2.75, 3.05) is 13.1 Å². The second-order valence-electron chi connectivity index (χ2n) is 3.33. The highest BCUT2D eigenvalue weighted by Gasteiger charge is 2.14. The predicted octanol–water partition coefficient (Wildman–Crippen LogP) is -0.166. The highest BCUT2D eigenvalue weighted by Crippen LogP contribution is 2.16. The third-order valence-electron chi connectivity index (χ3n) is 2.29. The largest absolute Gasteiger partial charge is 0.348 e. The average Bonchev–Trinajstić information content (AvgIpc) is 2.64. The number of nitrogens with one attached hydrogen (secondary N) is 2. The monoisotopic (exact) mass is 184 g/mol. The molecule has 1 fully saturated rings. The lowest BCUT2D eigenvalue weighted by molar-refractivity contribution is -0.121. The highest BCUT2D eigenvalue weighted by molar-refractivity contribution is 5.80. The fourth-order valence-corrected chi connectivity index (χ4v) is 1.58. The summed E-state index contributed by atoms with van der Waals surface area (Å²) in [5, 5.41) is 5.65. The van der Waals surface area contributed by atoms with Crippen molar-refractivity contribution in [1.29, 1.82) is 0 Å². The Bertz CT molecular complexity index is 176. The molecule has 4 nitrogen and oxygen atoms in total. The molecule has 0 aliphatic heterocycles. The minimum absolute atomic E-state index is 0.0981. The van der Waals surface area contributed by atoms with Gasteiger partial charge in [0.1, 0.15) is 6.29 Å². The maximum absolute atomic E-state index is 11.0. The molecule has 0 aromatic carbocycles. The lowest BCUT2D eigenvalue weighted by Crippen LogP contribution is -2.38. The van der Waals surface area contributed by atoms with Crippen molar-refractivity contribution in [3.63, 3.8) is 0 Å². The molecule has 0 aromatic rings. The van der Waals surface area contributed by atoms with Crippen LogP contribution in [0.5, 0.6) is 0 Å². The summed E-state index contributed by atoms with van der Waals surface area (Å²) in [6.07, 6.45) is 5.54. The maximum Gasteiger partial charge on any atom is 0.234 e. The Morgan fingerprint density at radius 2 is 2.08 bits per heavy atom. The Labute approximate surface area is 78.1 Å². The van der Waals surface area contributed by atoms with Gasteiger partial charge in [-0.1, -0.05) is 12.8 Å². The molecule has 1 aliphatic carbocycles. The van der Waals surface area contributed by atoms with E-state index in [4.69, 9.17) is 0 Å². The van der Waals surface area contributed by atoms with E-state index in [0.29, 0.717) is 18.9 Å². The molecule has 1 aliphatic rings. The fourth-order valence-electron chi connectivity index (χ4n) is 1.58. The van der Waals surface area contributed by atoms with Crippen LogP contribution in [-0.2, 0) is 9.59 Å². The molecule has 2 N–H and O–H groups in total. The van der Waals surface area contributed by atoms with Gasteiger partial charge >= 0.3 is 0 Å². The molecule has 74 valence electrons. The zero-order valence-corrected chi connectivity index (χ0v) is 7.71. The summed E-state index contributed by atoms with van der Waals surface area (Å²) >= 11 is 0. The van der Waals surface area contributed by atoms with Crippen molar-refractivity contribution in [1.82, 2.24) is 10.6 Å². The van der Waals surface area contributed by atoms with E-state index in [1.807, 2.05) is 0 Å². The van der Waals surface area contributed by atoms with Gasteiger partial charge in [0.2, 0.25) is 5.91 Å². The number of carbonyl (C=O) groups is 2. The predicted molar refractivity (Wildman–Crippen MR) is 49.3 cm³/mol. The topological polar surface area (TPSA) is 58.2 Å². The van der Waals surface area contributed by atoms with E-state index < -0.39 is 0 Å². The standard InChI is InChI=1S/C9H16N2O2/c12-6-5-10-9(13)7-11-8-3-1-2-4-8/h6,8,11H,1-5,7H2,(H,10,13). The van der Waals surface area contributed by atoms with Crippen LogP contribution in [0.1, 0.15) is 25.7 Å². The van der Waals surface area contributed by atoms with Crippen molar-refractivity contribution in [3.8, 4) is 0 Å². The van der Waals surface area contributed by atoms with Gasteiger partial charge in [0, 0.05) is 6.04 Å². The van der Waals surface area contributed by atoms with Gasteiger partial charge in [0.05, 0.1) is 13.1 Å². The van der Waals surface area contributed by atoms with Crippen molar-refractivity contribution < 1.29 is 9.59 Å². The maximum atomic E-state index is 11.0. The van der Waals surface area contributed by atoms with Crippen LogP contribution in [0.3, 0.4) is 0 Å². The Morgan fingerprint density at radius 3 is 2.69 bits per heavy atom. The first-order chi connectivity index (χ1) is 6.33. The summed E-state index contributed by atoms with van der Waals surface area (Å²) in [5.41, 5.74) is 0. The molecule has 13 heavy (non-hydrogen) atoms. The van der Waals surface area contributed by atoms with Gasteiger partial charge in [-0.25, -0.2) is 0 Å². The Hall–Kier alpha value is -0.900. The number of rotatable bonds is 5. The molecule has 0 saturated heterocycles. The Morgan fingerprint density at radius 1 is 1.38 bits per heavy atom. The minimum Gasteiger partial charge on any atom is -0.348 e. The first kappa shape index (κ1) is 10.2. The molecule has 0 spiro atoms. The van der Waals surface area contributed by atoms with Crippen molar-refractivity contribution in [2.45, 2.75) is 31.7 Å². The van der Waals surface area contributed by atoms with Crippen LogP contribution < -0.4 is 10.6 Å². The lowest BCUT2D eigenvalue weighted by atomic mass is 10.2. The number of hydrogen-bond acceptors (Lipinski definition) is 3. The smallest absolute Gasteiger partial charge is 0.234 e. The molecular formula is C9H16N2O2. The summed E-state index contributed by atoms with van der Waals surface area (Å²) < 4.78 is 0. The number of aldehydes is 1. The molecule has 0 aromatic heterocycles. The van der Waals surface area contributed by atoms with Crippen LogP contribution in [-0.4, -0.2) is 31.3 Å². The van der Waals surface area contributed by atoms with Crippen LogP contribution in [0.25, 0.3) is 0 Å². The molecule has 0 heterocycles. The fraction of sp³-hybridized carbons (Fsp3) is 0.778. The van der Waals surface area contributed by atoms with Crippen LogP contribution in [0, 0.1) is 0 Å². The van der Waals surface area contributed by atoms with E-state index in [0.717, 1.165) is 0 Å². The van der Waals surface area contributed by atoms with Gasteiger partial charge in [-0.15, -0.1) is 0 Å². The SMILES string of the molecule is O=CCNC(=O)CNC1CCCC1. The molecule has 0 unspecified atom stereocenters. The van der Waals surface area contributed by atoms with Crippen molar-refractivity contribution >= 4 is 12.2 Å². The summed E-state index contributed by atoms with van der Waals surface area (Å²) in [5.74, 6) is -0.0981. The summed E-state index contributed by atoms with van der Waals surface area (Å²) in [7, 11) is 0. The van der Waals surface area contributed by atoms with E-state index in [1.54, 1.807) is 0 Å². The molecule has 4 heteroatoms. The van der Waals surface area contributed by atoms with E-state index in [2.05, 4.69) is 10.6 Å². The first-order valence-electron chi connectivity index (χ1n) is 4.76. The highest BCUT2D eigenvalue weighted by atomic mass is 16.2. The van der Waals surface area contributed by atoms with E-state index in [1.165, 1.54) is 25.7 Å². The van der Waals surface area contributed by atoms with Gasteiger partial charge in [0.25, 0.3) is 0 Å². The molecular weight excluding hydrogens is 168 g/mol. The summed E-state index contributed by atoms with van der Waals surface area (Å²) in [4.78, 5) is 21.0. The third kappa shape index (κ3) is 4.03. The van der Waals surface area contributed by atoms with Crippen molar-refractivity contribution in [2.24, 2.45) is 0 Å². The van der Waals surface area contributed by atoms with E-state index >= 15 is 0 Å². The van der Waals surface area contributed by atoms with Crippen molar-refractivity contribution in [3.05, 3.63) is 0 Å². The quantitative estimate of drug-likeness (QED) is 0.583. The third-order valence-corrected chi connectivity index (χ3v) is 2.29. The first-order valence-corrected chi connectivity index (χ1v) is 4.76. The van der Waals surface area contributed by atoms with E-state index in [-0.39, 0.29) is 12.5 Å². The molecule has 1 amide bonds. The molecule has 1 saturated carbocycles. The molecule has 1 rings (SSSR count). The molecule has 0 atom stereocenters. The molecule has 0 bridgehead atoms. The Balaban J connectivity index is 2.03. The molecule has 0 radical (unpaired) electrons. The number of hydrogen-bond donors (Lipinski definition) is 2. The van der Waals surface area contributed by atoms with Crippen LogP contribution in [0.4, 0.5) is 0 Å². The van der Waals surface area contributed by atoms with Gasteiger partial charge < -0.3 is 15.4 Å². The second-order valence-corrected chi connectivity index (χ2v) is 3.33. The Kier molecular flexibility index (Phi) is 4.46.